The van der Waals surface area contributed by atoms with Crippen LogP contribution in [0.2, 0.25) is 0 Å². The zero-order valence-electron chi connectivity index (χ0n) is 8.61. The van der Waals surface area contributed by atoms with E-state index >= 15 is 0 Å². The quantitative estimate of drug-likeness (QED) is 0.946. The average molecular weight is 315 g/mol. The highest BCUT2D eigenvalue weighted by atomic mass is 79.9. The van der Waals surface area contributed by atoms with Crippen molar-refractivity contribution in [2.45, 2.75) is 6.54 Å². The molecule has 2 aromatic rings. The third-order valence-corrected chi connectivity index (χ3v) is 3.36. The van der Waals surface area contributed by atoms with Crippen molar-refractivity contribution < 1.29 is 9.18 Å². The fourth-order valence-corrected chi connectivity index (χ4v) is 2.19. The van der Waals surface area contributed by atoms with Crippen LogP contribution in [0.4, 0.5) is 4.39 Å². The van der Waals surface area contributed by atoms with E-state index in [0.29, 0.717) is 6.54 Å². The lowest BCUT2D eigenvalue weighted by Gasteiger charge is -2.05. The summed E-state index contributed by atoms with van der Waals surface area (Å²) in [6, 6.07) is 4.61. The number of carbonyl (C=O) groups is 1. The summed E-state index contributed by atoms with van der Waals surface area (Å²) in [6.45, 7) is 0.300. The van der Waals surface area contributed by atoms with Gasteiger partial charge in [0.25, 0.3) is 5.91 Å². The molecule has 0 spiro atoms. The Bertz CT molecular complexity index is 530. The second-order valence-electron chi connectivity index (χ2n) is 3.26. The maximum Gasteiger partial charge on any atom is 0.254 e. The highest BCUT2D eigenvalue weighted by Crippen LogP contribution is 2.18. The molecule has 1 heterocycles. The molecule has 0 atom stereocenters. The van der Waals surface area contributed by atoms with Crippen LogP contribution >= 0.6 is 27.3 Å². The number of carbonyl (C=O) groups excluding carboxylic acids is 1. The zero-order valence-corrected chi connectivity index (χ0v) is 11.0. The Kier molecular flexibility index (Phi) is 3.86. The normalized spacial score (nSPS) is 10.2. The minimum absolute atomic E-state index is 0.0228. The maximum atomic E-state index is 13.6. The van der Waals surface area contributed by atoms with Crippen LogP contribution in [0.1, 0.15) is 16.1 Å². The Labute approximate surface area is 110 Å². The molecule has 1 amide bonds. The van der Waals surface area contributed by atoms with Crippen molar-refractivity contribution in [3.05, 3.63) is 50.6 Å². The standard InChI is InChI=1S/C11H8BrFN2OS/c12-9-3-1-2-8(10(9)13)11(16)14-4-7-5-17-6-15-7/h1-3,5-6H,4H2,(H,14,16). The molecule has 0 bridgehead atoms. The molecule has 6 heteroatoms. The SMILES string of the molecule is O=C(NCc1cscn1)c1cccc(Br)c1F. The van der Waals surface area contributed by atoms with Gasteiger partial charge in [-0.3, -0.25) is 4.79 Å². The zero-order chi connectivity index (χ0) is 12.3. The first-order valence-electron chi connectivity index (χ1n) is 4.78. The molecule has 3 nitrogen and oxygen atoms in total. The summed E-state index contributed by atoms with van der Waals surface area (Å²) in [5, 5.41) is 4.44. The van der Waals surface area contributed by atoms with E-state index in [1.54, 1.807) is 17.6 Å². The number of nitrogens with zero attached hydrogens (tertiary/aromatic N) is 1. The van der Waals surface area contributed by atoms with Crippen LogP contribution < -0.4 is 5.32 Å². The Morgan fingerprint density at radius 1 is 1.53 bits per heavy atom. The molecule has 0 radical (unpaired) electrons. The smallest absolute Gasteiger partial charge is 0.254 e. The molecule has 88 valence electrons. The summed E-state index contributed by atoms with van der Waals surface area (Å²) >= 11 is 4.49. The van der Waals surface area contributed by atoms with E-state index in [1.807, 2.05) is 5.38 Å². The number of benzene rings is 1. The summed E-state index contributed by atoms with van der Waals surface area (Å²) in [5.41, 5.74) is 2.47. The average Bonchev–Trinajstić information content (AvgIpc) is 2.82. The van der Waals surface area contributed by atoms with E-state index in [1.165, 1.54) is 17.4 Å². The van der Waals surface area contributed by atoms with Gasteiger partial charge >= 0.3 is 0 Å². The molecule has 1 aromatic heterocycles. The summed E-state index contributed by atoms with van der Waals surface area (Å²) in [5.74, 6) is -1.000. The Morgan fingerprint density at radius 2 is 2.35 bits per heavy atom. The topological polar surface area (TPSA) is 42.0 Å². The first-order valence-corrected chi connectivity index (χ1v) is 6.51. The molecule has 1 N–H and O–H groups in total. The third-order valence-electron chi connectivity index (χ3n) is 2.11. The van der Waals surface area contributed by atoms with Crippen molar-refractivity contribution in [2.75, 3.05) is 0 Å². The number of rotatable bonds is 3. The minimum atomic E-state index is -0.553. The molecule has 0 saturated carbocycles. The van der Waals surface area contributed by atoms with Crippen LogP contribution in [0.3, 0.4) is 0 Å². The number of thiazole rings is 1. The van der Waals surface area contributed by atoms with Crippen LogP contribution in [-0.2, 0) is 6.54 Å². The first kappa shape index (κ1) is 12.2. The predicted molar refractivity (Wildman–Crippen MR) is 67.4 cm³/mol. The highest BCUT2D eigenvalue weighted by Gasteiger charge is 2.13. The van der Waals surface area contributed by atoms with Gasteiger partial charge in [0.05, 0.1) is 27.8 Å². The number of amides is 1. The fraction of sp³-hybridized carbons (Fsp3) is 0.0909. The number of hydrogen-bond acceptors (Lipinski definition) is 3. The van der Waals surface area contributed by atoms with E-state index in [2.05, 4.69) is 26.2 Å². The van der Waals surface area contributed by atoms with Gasteiger partial charge < -0.3 is 5.32 Å². The molecule has 17 heavy (non-hydrogen) atoms. The monoisotopic (exact) mass is 314 g/mol. The van der Waals surface area contributed by atoms with Crippen LogP contribution in [0.15, 0.2) is 33.6 Å². The summed E-state index contributed by atoms with van der Waals surface area (Å²) in [7, 11) is 0. The van der Waals surface area contributed by atoms with Gasteiger partial charge in [-0.05, 0) is 28.1 Å². The van der Waals surface area contributed by atoms with E-state index < -0.39 is 11.7 Å². The van der Waals surface area contributed by atoms with Crippen molar-refractivity contribution in [3.8, 4) is 0 Å². The van der Waals surface area contributed by atoms with Crippen molar-refractivity contribution in [3.63, 3.8) is 0 Å². The molecule has 0 aliphatic rings. The van der Waals surface area contributed by atoms with E-state index in [4.69, 9.17) is 0 Å². The fourth-order valence-electron chi connectivity index (χ4n) is 1.27. The number of halogens is 2. The van der Waals surface area contributed by atoms with Gasteiger partial charge in [0.1, 0.15) is 5.82 Å². The maximum absolute atomic E-state index is 13.6. The van der Waals surface area contributed by atoms with Gasteiger partial charge in [0, 0.05) is 5.38 Å². The second kappa shape index (κ2) is 5.37. The predicted octanol–water partition coefficient (Wildman–Crippen LogP) is 2.97. The van der Waals surface area contributed by atoms with Crippen LogP contribution in [-0.4, -0.2) is 10.9 Å². The Morgan fingerprint density at radius 3 is 3.06 bits per heavy atom. The van der Waals surface area contributed by atoms with Crippen molar-refractivity contribution in [1.82, 2.24) is 10.3 Å². The number of hydrogen-bond donors (Lipinski definition) is 1. The lowest BCUT2D eigenvalue weighted by atomic mass is 10.2. The summed E-state index contributed by atoms with van der Waals surface area (Å²) in [6.07, 6.45) is 0. The Balaban J connectivity index is 2.07. The molecule has 0 fully saturated rings. The van der Waals surface area contributed by atoms with Gasteiger partial charge in [-0.2, -0.15) is 0 Å². The van der Waals surface area contributed by atoms with E-state index in [9.17, 15) is 9.18 Å². The van der Waals surface area contributed by atoms with Gasteiger partial charge in [0.2, 0.25) is 0 Å². The number of aromatic nitrogens is 1. The molecule has 0 unspecified atom stereocenters. The molecular formula is C11H8BrFN2OS. The summed E-state index contributed by atoms with van der Waals surface area (Å²) in [4.78, 5) is 15.7. The molecule has 2 rings (SSSR count). The third kappa shape index (κ3) is 2.89. The molecular weight excluding hydrogens is 307 g/mol. The van der Waals surface area contributed by atoms with Gasteiger partial charge in [0.15, 0.2) is 0 Å². The van der Waals surface area contributed by atoms with Gasteiger partial charge in [-0.1, -0.05) is 6.07 Å². The second-order valence-corrected chi connectivity index (χ2v) is 4.84. The Hall–Kier alpha value is -1.27. The highest BCUT2D eigenvalue weighted by molar-refractivity contribution is 9.10. The lowest BCUT2D eigenvalue weighted by Crippen LogP contribution is -2.24. The first-order chi connectivity index (χ1) is 8.18. The van der Waals surface area contributed by atoms with Crippen molar-refractivity contribution >= 4 is 33.2 Å². The lowest BCUT2D eigenvalue weighted by molar-refractivity contribution is 0.0946. The van der Waals surface area contributed by atoms with Crippen LogP contribution in [0.25, 0.3) is 0 Å². The van der Waals surface area contributed by atoms with Gasteiger partial charge in [-0.15, -0.1) is 11.3 Å². The van der Waals surface area contributed by atoms with Crippen molar-refractivity contribution in [2.24, 2.45) is 0 Å². The molecule has 0 aliphatic carbocycles. The van der Waals surface area contributed by atoms with Crippen molar-refractivity contribution in [1.29, 1.82) is 0 Å². The van der Waals surface area contributed by atoms with Crippen LogP contribution in [0.5, 0.6) is 0 Å². The minimum Gasteiger partial charge on any atom is -0.346 e. The molecule has 0 saturated heterocycles. The van der Waals surface area contributed by atoms with Gasteiger partial charge in [-0.25, -0.2) is 9.37 Å². The molecule has 1 aromatic carbocycles. The largest absolute Gasteiger partial charge is 0.346 e. The van der Waals surface area contributed by atoms with E-state index in [-0.39, 0.29) is 10.0 Å². The summed E-state index contributed by atoms with van der Waals surface area (Å²) < 4.78 is 13.9. The number of nitrogens with one attached hydrogen (secondary N) is 1. The van der Waals surface area contributed by atoms with Crippen LogP contribution in [0, 0.1) is 5.82 Å². The molecule has 0 aliphatic heterocycles. The van der Waals surface area contributed by atoms with E-state index in [0.717, 1.165) is 5.69 Å².